The summed E-state index contributed by atoms with van der Waals surface area (Å²) in [6.45, 7) is 0. The summed E-state index contributed by atoms with van der Waals surface area (Å²) >= 11 is 5.81. The molecule has 114 valence electrons. The van der Waals surface area contributed by atoms with E-state index in [1.165, 1.54) is 0 Å². The summed E-state index contributed by atoms with van der Waals surface area (Å²) < 4.78 is 11.0. The zero-order valence-corrected chi connectivity index (χ0v) is 12.9. The Labute approximate surface area is 139 Å². The molecule has 0 aliphatic rings. The van der Waals surface area contributed by atoms with Crippen LogP contribution < -0.4 is 9.47 Å². The van der Waals surface area contributed by atoms with Gasteiger partial charge in [-0.25, -0.2) is 4.79 Å². The van der Waals surface area contributed by atoms with Gasteiger partial charge >= 0.3 is 5.97 Å². The topological polar surface area (TPSA) is 35.5 Å². The quantitative estimate of drug-likeness (QED) is 0.479. The summed E-state index contributed by atoms with van der Waals surface area (Å²) in [5.41, 5.74) is 0.411. The van der Waals surface area contributed by atoms with E-state index in [0.29, 0.717) is 27.8 Å². The molecule has 0 heterocycles. The Hall–Kier alpha value is -2.78. The van der Waals surface area contributed by atoms with E-state index < -0.39 is 5.97 Å². The molecule has 0 aliphatic heterocycles. The molecule has 0 radical (unpaired) electrons. The molecule has 0 N–H and O–H groups in total. The summed E-state index contributed by atoms with van der Waals surface area (Å²) in [6.07, 6.45) is 0. The first-order valence-electron chi connectivity index (χ1n) is 7.01. The van der Waals surface area contributed by atoms with Crippen LogP contribution in [0, 0.1) is 0 Å². The molecular weight excluding hydrogens is 312 g/mol. The molecule has 3 nitrogen and oxygen atoms in total. The third-order valence-electron chi connectivity index (χ3n) is 3.07. The minimum atomic E-state index is -0.453. The molecule has 3 rings (SSSR count). The van der Waals surface area contributed by atoms with Gasteiger partial charge in [0.2, 0.25) is 0 Å². The van der Waals surface area contributed by atoms with Crippen LogP contribution in [0.2, 0.25) is 5.02 Å². The summed E-state index contributed by atoms with van der Waals surface area (Å²) in [7, 11) is 0. The van der Waals surface area contributed by atoms with E-state index in [0.717, 1.165) is 0 Å². The molecule has 0 saturated heterocycles. The van der Waals surface area contributed by atoms with Crippen molar-refractivity contribution in [2.45, 2.75) is 0 Å². The molecule has 3 aromatic carbocycles. The van der Waals surface area contributed by atoms with Crippen molar-refractivity contribution < 1.29 is 14.3 Å². The van der Waals surface area contributed by atoms with E-state index in [2.05, 4.69) is 0 Å². The number of hydrogen-bond donors (Lipinski definition) is 0. The first-order chi connectivity index (χ1) is 11.2. The number of para-hydroxylation sites is 1. The van der Waals surface area contributed by atoms with E-state index in [1.54, 1.807) is 48.5 Å². The maximum absolute atomic E-state index is 12.2. The van der Waals surface area contributed by atoms with Gasteiger partial charge in [-0.15, -0.1) is 0 Å². The second-order valence-corrected chi connectivity index (χ2v) is 5.22. The van der Waals surface area contributed by atoms with Crippen molar-refractivity contribution in [2.75, 3.05) is 0 Å². The van der Waals surface area contributed by atoms with Crippen molar-refractivity contribution in [1.82, 2.24) is 0 Å². The molecule has 0 aliphatic carbocycles. The standard InChI is InChI=1S/C19H13ClO3/c20-15-9-11-17(12-10-15)23-19(21)14-5-4-8-18(13-14)22-16-6-2-1-3-7-16/h1-13H. The minimum absolute atomic E-state index is 0.411. The number of carbonyl (C=O) groups is 1. The lowest BCUT2D eigenvalue weighted by Gasteiger charge is -2.08. The van der Waals surface area contributed by atoms with Gasteiger partial charge < -0.3 is 9.47 Å². The van der Waals surface area contributed by atoms with Crippen molar-refractivity contribution >= 4 is 17.6 Å². The van der Waals surface area contributed by atoms with Crippen molar-refractivity contribution in [3.8, 4) is 17.2 Å². The summed E-state index contributed by atoms with van der Waals surface area (Å²) in [5, 5.41) is 0.586. The molecule has 0 spiro atoms. The second-order valence-electron chi connectivity index (χ2n) is 4.79. The second kappa shape index (κ2) is 6.99. The van der Waals surface area contributed by atoms with E-state index in [9.17, 15) is 4.79 Å². The maximum atomic E-state index is 12.2. The van der Waals surface area contributed by atoms with Gasteiger partial charge in [-0.2, -0.15) is 0 Å². The molecule has 4 heteroatoms. The van der Waals surface area contributed by atoms with Gasteiger partial charge in [0.15, 0.2) is 0 Å². The lowest BCUT2D eigenvalue weighted by Crippen LogP contribution is -2.08. The van der Waals surface area contributed by atoms with Gasteiger partial charge in [-0.05, 0) is 54.6 Å². The van der Waals surface area contributed by atoms with Crippen LogP contribution in [-0.4, -0.2) is 5.97 Å². The Morgan fingerprint density at radius 2 is 1.43 bits per heavy atom. The fourth-order valence-electron chi connectivity index (χ4n) is 1.98. The number of esters is 1. The van der Waals surface area contributed by atoms with Gasteiger partial charge in [0.1, 0.15) is 17.2 Å². The van der Waals surface area contributed by atoms with Gasteiger partial charge in [0.05, 0.1) is 5.56 Å². The molecule has 0 aromatic heterocycles. The van der Waals surface area contributed by atoms with Crippen molar-refractivity contribution in [3.63, 3.8) is 0 Å². The summed E-state index contributed by atoms with van der Waals surface area (Å²) in [4.78, 5) is 12.2. The van der Waals surface area contributed by atoms with E-state index in [4.69, 9.17) is 21.1 Å². The van der Waals surface area contributed by atoms with Gasteiger partial charge in [0.25, 0.3) is 0 Å². The average molecular weight is 325 g/mol. The van der Waals surface area contributed by atoms with Crippen LogP contribution in [-0.2, 0) is 0 Å². The first-order valence-corrected chi connectivity index (χ1v) is 7.39. The normalized spacial score (nSPS) is 10.1. The van der Waals surface area contributed by atoms with Crippen molar-refractivity contribution in [3.05, 3.63) is 89.4 Å². The van der Waals surface area contributed by atoms with Gasteiger partial charge in [-0.1, -0.05) is 35.9 Å². The van der Waals surface area contributed by atoms with Crippen LogP contribution in [0.3, 0.4) is 0 Å². The highest BCUT2D eigenvalue weighted by Gasteiger charge is 2.10. The highest BCUT2D eigenvalue weighted by Crippen LogP contribution is 2.23. The highest BCUT2D eigenvalue weighted by atomic mass is 35.5. The molecular formula is C19H13ClO3. The third-order valence-corrected chi connectivity index (χ3v) is 3.32. The van der Waals surface area contributed by atoms with E-state index >= 15 is 0 Å². The summed E-state index contributed by atoms with van der Waals surface area (Å²) in [6, 6.07) is 22.8. The number of ether oxygens (including phenoxy) is 2. The molecule has 0 bridgehead atoms. The zero-order valence-electron chi connectivity index (χ0n) is 12.1. The SMILES string of the molecule is O=C(Oc1ccc(Cl)cc1)c1cccc(Oc2ccccc2)c1. The number of rotatable bonds is 4. The fraction of sp³-hybridized carbons (Fsp3) is 0. The molecule has 0 fully saturated rings. The molecule has 0 saturated carbocycles. The zero-order chi connectivity index (χ0) is 16.1. The molecule has 0 atom stereocenters. The van der Waals surface area contributed by atoms with Crippen LogP contribution in [0.15, 0.2) is 78.9 Å². The predicted octanol–water partition coefficient (Wildman–Crippen LogP) is 5.35. The van der Waals surface area contributed by atoms with Crippen LogP contribution >= 0.6 is 11.6 Å². The van der Waals surface area contributed by atoms with E-state index in [-0.39, 0.29) is 0 Å². The van der Waals surface area contributed by atoms with Crippen LogP contribution in [0.25, 0.3) is 0 Å². The monoisotopic (exact) mass is 324 g/mol. The van der Waals surface area contributed by atoms with E-state index in [1.807, 2.05) is 30.3 Å². The van der Waals surface area contributed by atoms with Crippen LogP contribution in [0.1, 0.15) is 10.4 Å². The Morgan fingerprint density at radius 1 is 0.739 bits per heavy atom. The van der Waals surface area contributed by atoms with Crippen molar-refractivity contribution in [1.29, 1.82) is 0 Å². The largest absolute Gasteiger partial charge is 0.457 e. The number of hydrogen-bond acceptors (Lipinski definition) is 3. The van der Waals surface area contributed by atoms with Crippen LogP contribution in [0.5, 0.6) is 17.2 Å². The van der Waals surface area contributed by atoms with Gasteiger partial charge in [0, 0.05) is 5.02 Å². The smallest absolute Gasteiger partial charge is 0.343 e. The Kier molecular flexibility index (Phi) is 4.60. The average Bonchev–Trinajstić information content (AvgIpc) is 2.58. The fourth-order valence-corrected chi connectivity index (χ4v) is 2.11. The molecule has 23 heavy (non-hydrogen) atoms. The number of benzene rings is 3. The molecule has 0 amide bonds. The van der Waals surface area contributed by atoms with Crippen LogP contribution in [0.4, 0.5) is 0 Å². The Morgan fingerprint density at radius 3 is 2.17 bits per heavy atom. The van der Waals surface area contributed by atoms with Crippen molar-refractivity contribution in [2.24, 2.45) is 0 Å². The first kappa shape index (κ1) is 15.1. The Bertz CT molecular complexity index is 798. The summed E-state index contributed by atoms with van der Waals surface area (Å²) in [5.74, 6) is 1.26. The molecule has 3 aromatic rings. The molecule has 0 unspecified atom stereocenters. The van der Waals surface area contributed by atoms with Gasteiger partial charge in [-0.3, -0.25) is 0 Å². The third kappa shape index (κ3) is 4.11. The predicted molar refractivity (Wildman–Crippen MR) is 89.4 cm³/mol. The number of carbonyl (C=O) groups excluding carboxylic acids is 1. The minimum Gasteiger partial charge on any atom is -0.457 e. The lowest BCUT2D eigenvalue weighted by molar-refractivity contribution is 0.0734. The highest BCUT2D eigenvalue weighted by molar-refractivity contribution is 6.30. The Balaban J connectivity index is 1.73. The lowest BCUT2D eigenvalue weighted by atomic mass is 10.2. The number of halogens is 1. The maximum Gasteiger partial charge on any atom is 0.343 e.